The summed E-state index contributed by atoms with van der Waals surface area (Å²) < 4.78 is 0. The van der Waals surface area contributed by atoms with E-state index in [4.69, 9.17) is 5.26 Å². The third-order valence-electron chi connectivity index (χ3n) is 3.29. The molecular formula is C12H21N3O. The number of amides is 1. The lowest BCUT2D eigenvalue weighted by Gasteiger charge is -2.25. The van der Waals surface area contributed by atoms with E-state index in [1.165, 1.54) is 12.8 Å². The topological polar surface area (TPSA) is 47.3 Å². The minimum atomic E-state index is 0.135. The summed E-state index contributed by atoms with van der Waals surface area (Å²) in [7, 11) is 1.77. The van der Waals surface area contributed by atoms with E-state index in [9.17, 15) is 4.79 Å². The van der Waals surface area contributed by atoms with Crippen molar-refractivity contribution < 1.29 is 4.79 Å². The van der Waals surface area contributed by atoms with Crippen LogP contribution in [0.4, 0.5) is 0 Å². The number of carbonyl (C=O) groups is 1. The summed E-state index contributed by atoms with van der Waals surface area (Å²) in [6.07, 6.45) is 3.95. The van der Waals surface area contributed by atoms with Crippen molar-refractivity contribution in [2.75, 3.05) is 26.7 Å². The highest BCUT2D eigenvalue weighted by Crippen LogP contribution is 2.19. The number of carbonyl (C=O) groups excluding carboxylic acids is 1. The fraction of sp³-hybridized carbons (Fsp3) is 0.833. The molecule has 0 radical (unpaired) electrons. The van der Waals surface area contributed by atoms with Crippen LogP contribution in [0.15, 0.2) is 0 Å². The second-order valence-electron chi connectivity index (χ2n) is 4.40. The Morgan fingerprint density at radius 1 is 1.62 bits per heavy atom. The molecule has 1 heterocycles. The van der Waals surface area contributed by atoms with Gasteiger partial charge in [-0.3, -0.25) is 9.69 Å². The van der Waals surface area contributed by atoms with Gasteiger partial charge in [0.2, 0.25) is 5.91 Å². The van der Waals surface area contributed by atoms with Gasteiger partial charge in [-0.2, -0.15) is 5.26 Å². The predicted octanol–water partition coefficient (Wildman–Crippen LogP) is 1.23. The maximum absolute atomic E-state index is 11.8. The molecule has 4 heteroatoms. The summed E-state index contributed by atoms with van der Waals surface area (Å²) in [6, 6.07) is 2.64. The number of likely N-dealkylation sites (N-methyl/N-ethyl adjacent to an activating group) is 1. The second kappa shape index (κ2) is 6.49. The van der Waals surface area contributed by atoms with Crippen molar-refractivity contribution in [3.8, 4) is 6.07 Å². The molecule has 0 aliphatic carbocycles. The first-order valence-electron chi connectivity index (χ1n) is 6.04. The average Bonchev–Trinajstić information content (AvgIpc) is 2.72. The van der Waals surface area contributed by atoms with Crippen molar-refractivity contribution in [1.29, 1.82) is 5.26 Å². The molecule has 0 aromatic heterocycles. The molecule has 1 amide bonds. The number of rotatable bonds is 5. The lowest BCUT2D eigenvalue weighted by atomic mass is 10.2. The third-order valence-corrected chi connectivity index (χ3v) is 3.29. The Balaban J connectivity index is 2.35. The largest absolute Gasteiger partial charge is 0.344 e. The molecule has 0 bridgehead atoms. The zero-order valence-corrected chi connectivity index (χ0v) is 10.3. The van der Waals surface area contributed by atoms with Gasteiger partial charge in [0.15, 0.2) is 0 Å². The molecule has 0 N–H and O–H groups in total. The van der Waals surface area contributed by atoms with Gasteiger partial charge in [-0.1, -0.05) is 6.92 Å². The maximum Gasteiger partial charge on any atom is 0.236 e. The van der Waals surface area contributed by atoms with E-state index in [-0.39, 0.29) is 5.91 Å². The molecule has 0 saturated carbocycles. The normalized spacial score (nSPS) is 20.7. The molecule has 4 nitrogen and oxygen atoms in total. The second-order valence-corrected chi connectivity index (χ2v) is 4.40. The SMILES string of the molecule is CCC1CCCN1CC(=O)N(C)CCC#N. The van der Waals surface area contributed by atoms with Gasteiger partial charge >= 0.3 is 0 Å². The zero-order valence-electron chi connectivity index (χ0n) is 10.3. The van der Waals surface area contributed by atoms with E-state index in [1.54, 1.807) is 11.9 Å². The van der Waals surface area contributed by atoms with Crippen LogP contribution in [0.5, 0.6) is 0 Å². The van der Waals surface area contributed by atoms with Crippen molar-refractivity contribution in [3.05, 3.63) is 0 Å². The monoisotopic (exact) mass is 223 g/mol. The van der Waals surface area contributed by atoms with Crippen LogP contribution in [0, 0.1) is 11.3 Å². The van der Waals surface area contributed by atoms with Crippen LogP contribution in [0.1, 0.15) is 32.6 Å². The molecule has 1 fully saturated rings. The van der Waals surface area contributed by atoms with E-state index in [1.807, 2.05) is 0 Å². The highest BCUT2D eigenvalue weighted by molar-refractivity contribution is 5.78. The molecule has 90 valence electrons. The van der Waals surface area contributed by atoms with Gasteiger partial charge in [0, 0.05) is 19.6 Å². The molecule has 1 atom stereocenters. The third kappa shape index (κ3) is 3.49. The highest BCUT2D eigenvalue weighted by Gasteiger charge is 2.25. The smallest absolute Gasteiger partial charge is 0.236 e. The molecule has 0 aromatic carbocycles. The Morgan fingerprint density at radius 2 is 2.38 bits per heavy atom. The molecule has 1 aliphatic heterocycles. The number of hydrogen-bond acceptors (Lipinski definition) is 3. The first-order valence-corrected chi connectivity index (χ1v) is 6.04. The quantitative estimate of drug-likeness (QED) is 0.704. The minimum absolute atomic E-state index is 0.135. The van der Waals surface area contributed by atoms with Crippen LogP contribution in [0.2, 0.25) is 0 Å². The Morgan fingerprint density at radius 3 is 3.00 bits per heavy atom. The first-order chi connectivity index (χ1) is 7.69. The summed E-state index contributed by atoms with van der Waals surface area (Å²) in [6.45, 7) is 4.27. The van der Waals surface area contributed by atoms with Gasteiger partial charge in [-0.05, 0) is 25.8 Å². The van der Waals surface area contributed by atoms with Gasteiger partial charge in [-0.25, -0.2) is 0 Å². The van der Waals surface area contributed by atoms with Crippen molar-refractivity contribution in [2.45, 2.75) is 38.6 Å². The van der Waals surface area contributed by atoms with Crippen molar-refractivity contribution in [3.63, 3.8) is 0 Å². The number of nitriles is 1. The molecule has 0 spiro atoms. The molecule has 16 heavy (non-hydrogen) atoms. The summed E-state index contributed by atoms with van der Waals surface area (Å²) in [5.41, 5.74) is 0. The molecule has 0 aromatic rings. The van der Waals surface area contributed by atoms with Crippen LogP contribution in [0.25, 0.3) is 0 Å². The summed E-state index contributed by atoms with van der Waals surface area (Å²) >= 11 is 0. The molecule has 1 rings (SSSR count). The minimum Gasteiger partial charge on any atom is -0.344 e. The van der Waals surface area contributed by atoms with Crippen molar-refractivity contribution >= 4 is 5.91 Å². The van der Waals surface area contributed by atoms with Gasteiger partial charge in [-0.15, -0.1) is 0 Å². The predicted molar refractivity (Wildman–Crippen MR) is 62.8 cm³/mol. The van der Waals surface area contributed by atoms with E-state index >= 15 is 0 Å². The van der Waals surface area contributed by atoms with Crippen LogP contribution in [-0.4, -0.2) is 48.4 Å². The fourth-order valence-electron chi connectivity index (χ4n) is 2.20. The van der Waals surface area contributed by atoms with Crippen molar-refractivity contribution in [1.82, 2.24) is 9.80 Å². The number of likely N-dealkylation sites (tertiary alicyclic amines) is 1. The Bertz CT molecular complexity index is 272. The molecule has 1 aliphatic rings. The van der Waals surface area contributed by atoms with Gasteiger partial charge in [0.25, 0.3) is 0 Å². The number of nitrogens with zero attached hydrogens (tertiary/aromatic N) is 3. The van der Waals surface area contributed by atoms with Crippen LogP contribution in [-0.2, 0) is 4.79 Å². The summed E-state index contributed by atoms with van der Waals surface area (Å²) in [5, 5.41) is 8.46. The maximum atomic E-state index is 11.8. The molecule has 1 saturated heterocycles. The Hall–Kier alpha value is -1.08. The van der Waals surface area contributed by atoms with Crippen LogP contribution >= 0.6 is 0 Å². The summed E-state index contributed by atoms with van der Waals surface area (Å²) in [5.74, 6) is 0.135. The molecular weight excluding hydrogens is 202 g/mol. The summed E-state index contributed by atoms with van der Waals surface area (Å²) in [4.78, 5) is 15.8. The van der Waals surface area contributed by atoms with E-state index in [0.717, 1.165) is 13.0 Å². The number of hydrogen-bond donors (Lipinski definition) is 0. The first kappa shape index (κ1) is 13.0. The Labute approximate surface area is 97.8 Å². The van der Waals surface area contributed by atoms with Gasteiger partial charge in [0.1, 0.15) is 0 Å². The van der Waals surface area contributed by atoms with Crippen LogP contribution < -0.4 is 0 Å². The average molecular weight is 223 g/mol. The standard InChI is InChI=1S/C12H21N3O/c1-3-11-6-4-9-15(11)10-12(16)14(2)8-5-7-13/h11H,3-6,8-10H2,1-2H3. The van der Waals surface area contributed by atoms with E-state index in [2.05, 4.69) is 17.9 Å². The van der Waals surface area contributed by atoms with Crippen LogP contribution in [0.3, 0.4) is 0 Å². The zero-order chi connectivity index (χ0) is 12.0. The highest BCUT2D eigenvalue weighted by atomic mass is 16.2. The fourth-order valence-corrected chi connectivity index (χ4v) is 2.20. The molecule has 1 unspecified atom stereocenters. The van der Waals surface area contributed by atoms with E-state index < -0.39 is 0 Å². The van der Waals surface area contributed by atoms with E-state index in [0.29, 0.717) is 25.6 Å². The lowest BCUT2D eigenvalue weighted by Crippen LogP contribution is -2.40. The van der Waals surface area contributed by atoms with Gasteiger partial charge < -0.3 is 4.90 Å². The van der Waals surface area contributed by atoms with Crippen molar-refractivity contribution in [2.24, 2.45) is 0 Å². The lowest BCUT2D eigenvalue weighted by molar-refractivity contribution is -0.131. The van der Waals surface area contributed by atoms with Gasteiger partial charge in [0.05, 0.1) is 19.0 Å². The Kier molecular flexibility index (Phi) is 5.27.